The Morgan fingerprint density at radius 2 is 2.21 bits per heavy atom. The van der Waals surface area contributed by atoms with Crippen LogP contribution in [0.15, 0.2) is 23.3 Å². The fourth-order valence-corrected chi connectivity index (χ4v) is 2.29. The van der Waals surface area contributed by atoms with Crippen LogP contribution in [0.3, 0.4) is 0 Å². The monoisotopic (exact) mass is 194 g/mol. The zero-order chi connectivity index (χ0) is 10.6. The second-order valence-electron chi connectivity index (χ2n) is 4.54. The first-order chi connectivity index (χ1) is 6.61. The minimum atomic E-state index is -0.111. The number of aliphatic hydroxyl groups is 1. The van der Waals surface area contributed by atoms with Gasteiger partial charge in [-0.3, -0.25) is 0 Å². The van der Waals surface area contributed by atoms with Gasteiger partial charge in [-0.05, 0) is 39.0 Å². The van der Waals surface area contributed by atoms with Crippen molar-refractivity contribution in [3.63, 3.8) is 0 Å². The largest absolute Gasteiger partial charge is 0.393 e. The van der Waals surface area contributed by atoms with Crippen LogP contribution in [-0.4, -0.2) is 11.2 Å². The van der Waals surface area contributed by atoms with Crippen molar-refractivity contribution >= 4 is 0 Å². The van der Waals surface area contributed by atoms with Crippen LogP contribution in [-0.2, 0) is 0 Å². The third-order valence-corrected chi connectivity index (χ3v) is 2.75. The average Bonchev–Trinajstić information content (AvgIpc) is 2.01. The molecule has 80 valence electrons. The van der Waals surface area contributed by atoms with Gasteiger partial charge in [-0.2, -0.15) is 0 Å². The summed E-state index contributed by atoms with van der Waals surface area (Å²) in [6.45, 7) is 6.44. The van der Waals surface area contributed by atoms with Crippen molar-refractivity contribution in [2.45, 2.75) is 52.6 Å². The van der Waals surface area contributed by atoms with E-state index in [1.54, 1.807) is 0 Å². The summed E-state index contributed by atoms with van der Waals surface area (Å²) in [7, 11) is 0. The molecule has 14 heavy (non-hydrogen) atoms. The molecule has 0 radical (unpaired) electrons. The van der Waals surface area contributed by atoms with Gasteiger partial charge in [-0.25, -0.2) is 0 Å². The van der Waals surface area contributed by atoms with Crippen LogP contribution in [0.4, 0.5) is 0 Å². The zero-order valence-corrected chi connectivity index (χ0v) is 9.59. The fourth-order valence-electron chi connectivity index (χ4n) is 2.29. The Hall–Kier alpha value is -0.560. The van der Waals surface area contributed by atoms with Gasteiger partial charge in [-0.1, -0.05) is 36.6 Å². The molecule has 0 heterocycles. The molecule has 0 aromatic carbocycles. The first-order valence-electron chi connectivity index (χ1n) is 5.65. The van der Waals surface area contributed by atoms with Gasteiger partial charge in [0, 0.05) is 0 Å². The standard InChI is InChI=1S/C13H22O/c1-4-5-13(14)9-12-7-10(2)6-11(3)8-12/h6-7,12-14H,4-5,8-9H2,1-3H3. The highest BCUT2D eigenvalue weighted by molar-refractivity contribution is 5.26. The van der Waals surface area contributed by atoms with Crippen LogP contribution >= 0.6 is 0 Å². The molecule has 1 nitrogen and oxygen atoms in total. The smallest absolute Gasteiger partial charge is 0.0545 e. The second-order valence-corrected chi connectivity index (χ2v) is 4.54. The highest BCUT2D eigenvalue weighted by Crippen LogP contribution is 2.26. The van der Waals surface area contributed by atoms with E-state index in [2.05, 4.69) is 32.9 Å². The predicted molar refractivity (Wildman–Crippen MR) is 61.2 cm³/mol. The SMILES string of the molecule is CCCC(O)CC1C=C(C)C=C(C)C1. The molecule has 1 N–H and O–H groups in total. The maximum Gasteiger partial charge on any atom is 0.0545 e. The first-order valence-corrected chi connectivity index (χ1v) is 5.65. The molecular weight excluding hydrogens is 172 g/mol. The Morgan fingerprint density at radius 1 is 1.50 bits per heavy atom. The predicted octanol–water partition coefficient (Wildman–Crippen LogP) is 3.45. The molecule has 0 aromatic rings. The van der Waals surface area contributed by atoms with Crippen molar-refractivity contribution in [2.75, 3.05) is 0 Å². The molecule has 0 aliphatic heterocycles. The normalized spacial score (nSPS) is 24.1. The van der Waals surface area contributed by atoms with Gasteiger partial charge in [-0.15, -0.1) is 0 Å². The molecule has 1 aliphatic carbocycles. The molecule has 2 atom stereocenters. The lowest BCUT2D eigenvalue weighted by Crippen LogP contribution is -2.14. The molecule has 1 heteroatoms. The quantitative estimate of drug-likeness (QED) is 0.726. The van der Waals surface area contributed by atoms with Gasteiger partial charge in [0.25, 0.3) is 0 Å². The van der Waals surface area contributed by atoms with E-state index in [1.807, 2.05) is 0 Å². The summed E-state index contributed by atoms with van der Waals surface area (Å²) in [5, 5.41) is 9.73. The van der Waals surface area contributed by atoms with Crippen molar-refractivity contribution in [2.24, 2.45) is 5.92 Å². The molecule has 1 rings (SSSR count). The number of allylic oxidation sites excluding steroid dienone is 4. The Bertz CT molecular complexity index is 238. The van der Waals surface area contributed by atoms with E-state index in [1.165, 1.54) is 11.1 Å². The lowest BCUT2D eigenvalue weighted by molar-refractivity contribution is 0.139. The summed E-state index contributed by atoms with van der Waals surface area (Å²) in [5.41, 5.74) is 2.79. The third kappa shape index (κ3) is 3.67. The summed E-state index contributed by atoms with van der Waals surface area (Å²) >= 11 is 0. The Labute approximate surface area is 87.5 Å². The van der Waals surface area contributed by atoms with Crippen molar-refractivity contribution in [1.82, 2.24) is 0 Å². The molecule has 0 amide bonds. The average molecular weight is 194 g/mol. The molecule has 0 saturated heterocycles. The fraction of sp³-hybridized carbons (Fsp3) is 0.692. The van der Waals surface area contributed by atoms with E-state index in [-0.39, 0.29) is 6.10 Å². The minimum absolute atomic E-state index is 0.111. The summed E-state index contributed by atoms with van der Waals surface area (Å²) < 4.78 is 0. The lowest BCUT2D eigenvalue weighted by Gasteiger charge is -2.21. The summed E-state index contributed by atoms with van der Waals surface area (Å²) in [5.74, 6) is 0.557. The van der Waals surface area contributed by atoms with E-state index in [0.29, 0.717) is 5.92 Å². The molecule has 0 saturated carbocycles. The van der Waals surface area contributed by atoms with Crippen LogP contribution in [0.1, 0.15) is 46.5 Å². The molecule has 0 aromatic heterocycles. The van der Waals surface area contributed by atoms with E-state index in [9.17, 15) is 5.11 Å². The van der Waals surface area contributed by atoms with Gasteiger partial charge in [0.05, 0.1) is 6.10 Å². The third-order valence-electron chi connectivity index (χ3n) is 2.75. The van der Waals surface area contributed by atoms with Gasteiger partial charge in [0.2, 0.25) is 0 Å². The van der Waals surface area contributed by atoms with Crippen LogP contribution in [0.2, 0.25) is 0 Å². The Morgan fingerprint density at radius 3 is 2.79 bits per heavy atom. The van der Waals surface area contributed by atoms with Gasteiger partial charge in [0.1, 0.15) is 0 Å². The lowest BCUT2D eigenvalue weighted by atomic mass is 9.87. The van der Waals surface area contributed by atoms with Crippen molar-refractivity contribution < 1.29 is 5.11 Å². The molecule has 0 spiro atoms. The summed E-state index contributed by atoms with van der Waals surface area (Å²) in [4.78, 5) is 0. The number of hydrogen-bond donors (Lipinski definition) is 1. The molecule has 1 aliphatic rings. The van der Waals surface area contributed by atoms with Crippen LogP contribution in [0.5, 0.6) is 0 Å². The molecule has 0 fully saturated rings. The van der Waals surface area contributed by atoms with Gasteiger partial charge in [0.15, 0.2) is 0 Å². The summed E-state index contributed by atoms with van der Waals surface area (Å²) in [6, 6.07) is 0. The second kappa shape index (κ2) is 5.35. The van der Waals surface area contributed by atoms with E-state index < -0.39 is 0 Å². The maximum absolute atomic E-state index is 9.73. The zero-order valence-electron chi connectivity index (χ0n) is 9.59. The first kappa shape index (κ1) is 11.5. The molecular formula is C13H22O. The van der Waals surface area contributed by atoms with E-state index >= 15 is 0 Å². The minimum Gasteiger partial charge on any atom is -0.393 e. The van der Waals surface area contributed by atoms with Crippen LogP contribution < -0.4 is 0 Å². The van der Waals surface area contributed by atoms with Crippen molar-refractivity contribution in [3.8, 4) is 0 Å². The van der Waals surface area contributed by atoms with Crippen LogP contribution in [0.25, 0.3) is 0 Å². The highest BCUT2D eigenvalue weighted by Gasteiger charge is 2.15. The highest BCUT2D eigenvalue weighted by atomic mass is 16.3. The number of aliphatic hydroxyl groups excluding tert-OH is 1. The van der Waals surface area contributed by atoms with Crippen molar-refractivity contribution in [3.05, 3.63) is 23.3 Å². The molecule has 2 unspecified atom stereocenters. The molecule has 0 bridgehead atoms. The Balaban J connectivity index is 2.44. The topological polar surface area (TPSA) is 20.2 Å². The van der Waals surface area contributed by atoms with Gasteiger partial charge < -0.3 is 5.11 Å². The maximum atomic E-state index is 9.73. The van der Waals surface area contributed by atoms with Crippen molar-refractivity contribution in [1.29, 1.82) is 0 Å². The number of rotatable bonds is 4. The van der Waals surface area contributed by atoms with E-state index in [4.69, 9.17) is 0 Å². The Kier molecular flexibility index (Phi) is 4.40. The van der Waals surface area contributed by atoms with E-state index in [0.717, 1.165) is 25.7 Å². The number of hydrogen-bond acceptors (Lipinski definition) is 1. The summed E-state index contributed by atoms with van der Waals surface area (Å²) in [6.07, 6.45) is 8.49. The van der Waals surface area contributed by atoms with Crippen LogP contribution in [0, 0.1) is 5.92 Å². The van der Waals surface area contributed by atoms with Gasteiger partial charge >= 0.3 is 0 Å².